The zero-order chi connectivity index (χ0) is 9.62. The van der Waals surface area contributed by atoms with Crippen molar-refractivity contribution < 1.29 is 4.43 Å². The van der Waals surface area contributed by atoms with Crippen LogP contribution >= 0.6 is 0 Å². The topological polar surface area (TPSA) is 9.23 Å². The largest absolute Gasteiger partial charge is 0.414 e. The molecule has 0 aromatic rings. The quantitative estimate of drug-likeness (QED) is 0.489. The van der Waals surface area contributed by atoms with Crippen molar-refractivity contribution in [2.75, 3.05) is 0 Å². The highest BCUT2D eigenvalue weighted by Crippen LogP contribution is 2.46. The fraction of sp³-hybridized carbons (Fsp3) is 0.556. The van der Waals surface area contributed by atoms with Crippen LogP contribution in [0.3, 0.4) is 0 Å². The second kappa shape index (κ2) is 2.43. The van der Waals surface area contributed by atoms with Crippen LogP contribution in [0.15, 0.2) is 24.9 Å². The average Bonchev–Trinajstić information content (AvgIpc) is 2.01. The molecule has 0 aromatic heterocycles. The fourth-order valence-electron chi connectivity index (χ4n) is 2.00. The Morgan fingerprint density at radius 2 is 1.75 bits per heavy atom. The molecule has 1 nitrogen and oxygen atoms in total. The van der Waals surface area contributed by atoms with Crippen LogP contribution < -0.4 is 0 Å². The summed E-state index contributed by atoms with van der Waals surface area (Å²) < 4.78 is 5.98. The van der Waals surface area contributed by atoms with Gasteiger partial charge in [-0.2, -0.15) is 0 Å². The minimum absolute atomic E-state index is 0.0511. The third kappa shape index (κ3) is 0.871. The van der Waals surface area contributed by atoms with Crippen molar-refractivity contribution in [1.82, 2.24) is 0 Å². The molecule has 12 heavy (non-hydrogen) atoms. The van der Waals surface area contributed by atoms with Gasteiger partial charge in [0, 0.05) is 0 Å². The van der Waals surface area contributed by atoms with Crippen LogP contribution in [0.2, 0.25) is 19.6 Å². The lowest BCUT2D eigenvalue weighted by molar-refractivity contribution is 0.181. The first kappa shape index (κ1) is 9.96. The molecule has 1 heterocycles. The van der Waals surface area contributed by atoms with Gasteiger partial charge in [-0.15, -0.1) is 13.2 Å². The normalized spacial score (nSPS) is 44.7. The number of hydrogen-bond acceptors (Lipinski definition) is 1. The Kier molecular flexibility index (Phi) is 2.02. The van der Waals surface area contributed by atoms with Gasteiger partial charge in [0.2, 0.25) is 0 Å². The maximum Gasteiger partial charge on any atom is 0.182 e. The molecule has 2 unspecified atom stereocenters. The van der Waals surface area contributed by atoms with E-state index in [0.717, 1.165) is 0 Å². The van der Waals surface area contributed by atoms with Crippen LogP contribution in [0.1, 0.15) is 6.92 Å². The van der Waals surface area contributed by atoms with E-state index < -0.39 is 15.4 Å². The third-order valence-electron chi connectivity index (χ3n) is 3.55. The Bertz CT molecular complexity index is 237. The molecule has 1 fully saturated rings. The van der Waals surface area contributed by atoms with E-state index in [0.29, 0.717) is 0 Å². The lowest BCUT2D eigenvalue weighted by Crippen LogP contribution is -2.83. The Balaban J connectivity index is 3.06. The highest BCUT2D eigenvalue weighted by molar-refractivity contribution is 7.45. The molecule has 0 radical (unpaired) electrons. The molecule has 0 spiro atoms. The summed E-state index contributed by atoms with van der Waals surface area (Å²) in [5, 5.41) is -0.0511. The molecule has 0 N–H and O–H groups in total. The third-order valence-corrected chi connectivity index (χ3v) is 20.3. The average molecular weight is 198 g/mol. The lowest BCUT2D eigenvalue weighted by atomic mass is 10.4. The summed E-state index contributed by atoms with van der Waals surface area (Å²) in [6.07, 6.45) is 1.96. The molecular formula is C9H18OSi2. The van der Waals surface area contributed by atoms with Crippen molar-refractivity contribution in [3.05, 3.63) is 24.9 Å². The first-order valence-electron chi connectivity index (χ1n) is 4.30. The van der Waals surface area contributed by atoms with Crippen LogP contribution in [0.5, 0.6) is 0 Å². The molecule has 68 valence electrons. The van der Waals surface area contributed by atoms with Crippen LogP contribution in [-0.4, -0.2) is 20.7 Å². The molecule has 1 rings (SSSR count). The second-order valence-electron chi connectivity index (χ2n) is 4.33. The van der Waals surface area contributed by atoms with Crippen LogP contribution in [0, 0.1) is 0 Å². The van der Waals surface area contributed by atoms with E-state index in [1.54, 1.807) is 0 Å². The van der Waals surface area contributed by atoms with Gasteiger partial charge in [0.25, 0.3) is 0 Å². The molecule has 1 aliphatic rings. The predicted molar refractivity (Wildman–Crippen MR) is 59.0 cm³/mol. The summed E-state index contributed by atoms with van der Waals surface area (Å²) >= 11 is 0. The minimum atomic E-state index is -1.41. The lowest BCUT2D eigenvalue weighted by Gasteiger charge is -2.62. The summed E-state index contributed by atoms with van der Waals surface area (Å²) in [5.41, 5.74) is 2.17. The standard InChI is InChI=1S/C9H18OSi2/c1-7-9(3)10-11(4,5)12(9,6)8-2/h7-8H,1-2H2,3-6H3. The number of rotatable bonds is 2. The van der Waals surface area contributed by atoms with Crippen LogP contribution in [0.25, 0.3) is 0 Å². The molecule has 0 aromatic carbocycles. The van der Waals surface area contributed by atoms with Crippen molar-refractivity contribution in [3.8, 4) is 0 Å². The SMILES string of the molecule is C=CC1(C)O[Si](C)(C)[Si]1(C)C=C. The first-order chi connectivity index (χ1) is 5.33. The summed E-state index contributed by atoms with van der Waals surface area (Å²) in [6, 6.07) is 0. The Hall–Kier alpha value is -0.126. The van der Waals surface area contributed by atoms with Gasteiger partial charge >= 0.3 is 0 Å². The van der Waals surface area contributed by atoms with Crippen molar-refractivity contribution in [1.29, 1.82) is 0 Å². The van der Waals surface area contributed by atoms with Gasteiger partial charge < -0.3 is 4.43 Å². The van der Waals surface area contributed by atoms with Crippen molar-refractivity contribution in [3.63, 3.8) is 0 Å². The van der Waals surface area contributed by atoms with Crippen molar-refractivity contribution in [2.24, 2.45) is 0 Å². The molecule has 3 heteroatoms. The smallest absolute Gasteiger partial charge is 0.182 e. The molecular weight excluding hydrogens is 180 g/mol. The van der Waals surface area contributed by atoms with Crippen LogP contribution in [0.4, 0.5) is 0 Å². The van der Waals surface area contributed by atoms with Gasteiger partial charge in [0.1, 0.15) is 7.59 Å². The maximum absolute atomic E-state index is 5.98. The molecule has 1 aliphatic heterocycles. The first-order valence-corrected chi connectivity index (χ1v) is 10.8. The zero-order valence-electron chi connectivity index (χ0n) is 8.48. The van der Waals surface area contributed by atoms with Gasteiger partial charge in [-0.1, -0.05) is 18.3 Å². The molecule has 2 atom stereocenters. The van der Waals surface area contributed by atoms with E-state index >= 15 is 0 Å². The van der Waals surface area contributed by atoms with E-state index in [4.69, 9.17) is 4.43 Å². The van der Waals surface area contributed by atoms with E-state index in [2.05, 4.69) is 45.4 Å². The van der Waals surface area contributed by atoms with E-state index in [9.17, 15) is 0 Å². The van der Waals surface area contributed by atoms with Gasteiger partial charge in [-0.25, -0.2) is 0 Å². The van der Waals surface area contributed by atoms with Gasteiger partial charge in [0.15, 0.2) is 7.83 Å². The summed E-state index contributed by atoms with van der Waals surface area (Å²) in [7, 11) is -2.80. The summed E-state index contributed by atoms with van der Waals surface area (Å²) in [6.45, 7) is 16.9. The molecule has 0 amide bonds. The van der Waals surface area contributed by atoms with Crippen molar-refractivity contribution >= 4 is 15.4 Å². The summed E-state index contributed by atoms with van der Waals surface area (Å²) in [5.74, 6) is 0. The summed E-state index contributed by atoms with van der Waals surface area (Å²) in [4.78, 5) is 0. The van der Waals surface area contributed by atoms with Gasteiger partial charge in [-0.3, -0.25) is 0 Å². The van der Waals surface area contributed by atoms with E-state index in [1.165, 1.54) is 0 Å². The highest BCUT2D eigenvalue weighted by atomic mass is 29.3. The zero-order valence-corrected chi connectivity index (χ0v) is 10.5. The van der Waals surface area contributed by atoms with Gasteiger partial charge in [0.05, 0.1) is 5.22 Å². The second-order valence-corrected chi connectivity index (χ2v) is 18.1. The molecule has 0 bridgehead atoms. The Labute approximate surface area is 77.1 Å². The number of hydrogen-bond donors (Lipinski definition) is 0. The van der Waals surface area contributed by atoms with E-state index in [-0.39, 0.29) is 5.22 Å². The Morgan fingerprint density at radius 3 is 1.92 bits per heavy atom. The Morgan fingerprint density at radius 1 is 1.25 bits per heavy atom. The maximum atomic E-state index is 5.98. The van der Waals surface area contributed by atoms with Gasteiger partial charge in [-0.05, 0) is 20.0 Å². The van der Waals surface area contributed by atoms with Crippen molar-refractivity contribution in [2.45, 2.75) is 31.8 Å². The molecule has 0 aliphatic carbocycles. The van der Waals surface area contributed by atoms with Crippen LogP contribution in [-0.2, 0) is 4.43 Å². The van der Waals surface area contributed by atoms with E-state index in [1.807, 2.05) is 6.08 Å². The molecule has 0 saturated carbocycles. The minimum Gasteiger partial charge on any atom is -0.414 e. The predicted octanol–water partition coefficient (Wildman–Crippen LogP) is 2.59. The molecule has 1 saturated heterocycles. The monoisotopic (exact) mass is 198 g/mol. The highest BCUT2D eigenvalue weighted by Gasteiger charge is 2.66. The fourth-order valence-corrected chi connectivity index (χ4v) is 13.6.